The standard InChI is InChI=1S/C36H53N5O8/c1-6-7-8-9-10-11-12-13-14-15-38-19-25(42)39-23-18-24(40(2)3)21-16-20-17-22-29(41(4)5)32(45)28(35(37)48)34(47)36(22,49)33(46)26(20)31(44)27(21)30(23)43/h18,20,22,29,38,43-44,47,49H,6-17,19H2,1-5H3,(H2,37,48)(H,39,42)/t20-,22-,29-,36-/m0/s1. The number of anilines is 2. The number of unbranched alkanes of at least 4 members (excludes halogenated alkanes) is 8. The second kappa shape index (κ2) is 15.7. The molecule has 1 aromatic rings. The van der Waals surface area contributed by atoms with Crippen LogP contribution in [-0.4, -0.2) is 102 Å². The molecule has 8 N–H and O–H groups in total. The van der Waals surface area contributed by atoms with Crippen LogP contribution in [-0.2, 0) is 25.6 Å². The molecule has 0 bridgehead atoms. The molecule has 2 amide bonds. The first kappa shape index (κ1) is 37.9. The monoisotopic (exact) mass is 683 g/mol. The summed E-state index contributed by atoms with van der Waals surface area (Å²) in [6, 6.07) is 0.442. The molecule has 0 saturated heterocycles. The number of ketones is 2. The Kier molecular flexibility index (Phi) is 12.2. The van der Waals surface area contributed by atoms with Crippen molar-refractivity contribution in [1.29, 1.82) is 0 Å². The summed E-state index contributed by atoms with van der Waals surface area (Å²) in [5.41, 5.74) is 2.59. The summed E-state index contributed by atoms with van der Waals surface area (Å²) in [6.07, 6.45) is 10.9. The number of nitrogens with one attached hydrogen (secondary N) is 2. The fourth-order valence-corrected chi connectivity index (χ4v) is 7.74. The molecule has 0 spiro atoms. The molecular formula is C36H53N5O8. The zero-order valence-corrected chi connectivity index (χ0v) is 29.4. The van der Waals surface area contributed by atoms with Gasteiger partial charge in [0.2, 0.25) is 11.7 Å². The first-order valence-electron chi connectivity index (χ1n) is 17.4. The number of phenols is 1. The summed E-state index contributed by atoms with van der Waals surface area (Å²) in [7, 11) is 6.64. The second-order valence-electron chi connectivity index (χ2n) is 14.1. The van der Waals surface area contributed by atoms with Gasteiger partial charge in [0.15, 0.2) is 11.4 Å². The molecule has 1 aromatic carbocycles. The van der Waals surface area contributed by atoms with E-state index in [0.717, 1.165) is 19.3 Å². The van der Waals surface area contributed by atoms with Crippen LogP contribution in [0.25, 0.3) is 5.76 Å². The van der Waals surface area contributed by atoms with Crippen molar-refractivity contribution in [1.82, 2.24) is 10.2 Å². The van der Waals surface area contributed by atoms with E-state index >= 15 is 0 Å². The molecule has 270 valence electrons. The van der Waals surface area contributed by atoms with Crippen LogP contribution >= 0.6 is 0 Å². The topological polar surface area (TPSA) is 206 Å². The predicted octanol–water partition coefficient (Wildman–Crippen LogP) is 3.09. The van der Waals surface area contributed by atoms with E-state index in [2.05, 4.69) is 17.6 Å². The fourth-order valence-electron chi connectivity index (χ4n) is 7.74. The van der Waals surface area contributed by atoms with Crippen molar-refractivity contribution in [3.8, 4) is 5.75 Å². The van der Waals surface area contributed by atoms with Gasteiger partial charge in [0.05, 0.1) is 23.8 Å². The Balaban J connectivity index is 1.56. The van der Waals surface area contributed by atoms with Gasteiger partial charge in [-0.2, -0.15) is 0 Å². The first-order chi connectivity index (χ1) is 23.2. The molecule has 3 aliphatic rings. The number of hydrogen-bond acceptors (Lipinski definition) is 11. The molecule has 4 rings (SSSR count). The lowest BCUT2D eigenvalue weighted by atomic mass is 9.57. The van der Waals surface area contributed by atoms with E-state index in [4.69, 9.17) is 5.73 Å². The average Bonchev–Trinajstić information content (AvgIpc) is 3.02. The van der Waals surface area contributed by atoms with Gasteiger partial charge in [0.25, 0.3) is 5.91 Å². The molecule has 0 radical (unpaired) electrons. The predicted molar refractivity (Wildman–Crippen MR) is 187 cm³/mol. The van der Waals surface area contributed by atoms with E-state index in [1.807, 2.05) is 0 Å². The maximum Gasteiger partial charge on any atom is 0.255 e. The van der Waals surface area contributed by atoms with Crippen molar-refractivity contribution in [2.24, 2.45) is 17.6 Å². The molecule has 3 aliphatic carbocycles. The van der Waals surface area contributed by atoms with E-state index in [1.54, 1.807) is 39.2 Å². The molecule has 0 aliphatic heterocycles. The lowest BCUT2D eigenvalue weighted by Crippen LogP contribution is -2.65. The number of amides is 2. The van der Waals surface area contributed by atoms with E-state index in [-0.39, 0.29) is 36.2 Å². The number of fused-ring (bicyclic) bond motifs is 3. The highest BCUT2D eigenvalue weighted by molar-refractivity contribution is 6.24. The minimum absolute atomic E-state index is 0.00641. The summed E-state index contributed by atoms with van der Waals surface area (Å²) < 4.78 is 0. The smallest absolute Gasteiger partial charge is 0.255 e. The summed E-state index contributed by atoms with van der Waals surface area (Å²) in [5, 5.41) is 51.8. The number of rotatable bonds is 16. The third-order valence-corrected chi connectivity index (χ3v) is 10.2. The van der Waals surface area contributed by atoms with Crippen LogP contribution in [0.4, 0.5) is 11.4 Å². The van der Waals surface area contributed by atoms with E-state index < -0.39 is 69.7 Å². The molecule has 1 fully saturated rings. The van der Waals surface area contributed by atoms with E-state index in [1.165, 1.54) is 43.4 Å². The fraction of sp³-hybridized carbons (Fsp3) is 0.611. The highest BCUT2D eigenvalue weighted by Gasteiger charge is 2.64. The molecule has 1 saturated carbocycles. The van der Waals surface area contributed by atoms with Gasteiger partial charge >= 0.3 is 0 Å². The highest BCUT2D eigenvalue weighted by atomic mass is 16.3. The highest BCUT2D eigenvalue weighted by Crippen LogP contribution is 2.54. The van der Waals surface area contributed by atoms with Gasteiger partial charge in [-0.25, -0.2) is 0 Å². The molecular weight excluding hydrogens is 630 g/mol. The molecule has 49 heavy (non-hydrogen) atoms. The number of hydrogen-bond donors (Lipinski definition) is 7. The van der Waals surface area contributed by atoms with Gasteiger partial charge in [-0.1, -0.05) is 58.3 Å². The zero-order valence-electron chi connectivity index (χ0n) is 29.4. The van der Waals surface area contributed by atoms with Crippen LogP contribution in [0.3, 0.4) is 0 Å². The Bertz CT molecular complexity index is 1530. The number of Topliss-reactive ketones (excluding diaryl/α,β-unsaturated/α-hetero) is 2. The van der Waals surface area contributed by atoms with Gasteiger partial charge in [-0.3, -0.25) is 24.1 Å². The Morgan fingerprint density at radius 2 is 1.59 bits per heavy atom. The number of primary amides is 1. The second-order valence-corrected chi connectivity index (χ2v) is 14.1. The van der Waals surface area contributed by atoms with Crippen LogP contribution in [0.2, 0.25) is 0 Å². The summed E-state index contributed by atoms with van der Waals surface area (Å²) in [4.78, 5) is 55.8. The third-order valence-electron chi connectivity index (χ3n) is 10.2. The largest absolute Gasteiger partial charge is 0.508 e. The first-order valence-corrected chi connectivity index (χ1v) is 17.4. The summed E-state index contributed by atoms with van der Waals surface area (Å²) in [6.45, 7) is 2.88. The minimum atomic E-state index is -2.73. The Labute approximate surface area is 288 Å². The Morgan fingerprint density at radius 3 is 2.16 bits per heavy atom. The van der Waals surface area contributed by atoms with Crippen molar-refractivity contribution < 1.29 is 39.6 Å². The maximum absolute atomic E-state index is 14.2. The SMILES string of the molecule is CCCCCCCCCCCNCC(=O)Nc1cc(N(C)C)c2c(c1O)C(O)=C1C(=O)[C@]3(O)C(O)=C(C(N)=O)C(=O)[C@@H](N(C)C)[C@@H]3C[C@@H]1C2. The minimum Gasteiger partial charge on any atom is -0.508 e. The van der Waals surface area contributed by atoms with Crippen molar-refractivity contribution >= 4 is 40.5 Å². The van der Waals surface area contributed by atoms with Crippen LogP contribution in [0.1, 0.15) is 82.3 Å². The zero-order chi connectivity index (χ0) is 36.2. The van der Waals surface area contributed by atoms with Crippen molar-refractivity contribution in [2.45, 2.75) is 89.2 Å². The van der Waals surface area contributed by atoms with Crippen LogP contribution in [0, 0.1) is 11.8 Å². The lowest BCUT2D eigenvalue weighted by Gasteiger charge is -2.50. The van der Waals surface area contributed by atoms with Crippen LogP contribution in [0.5, 0.6) is 5.75 Å². The van der Waals surface area contributed by atoms with Crippen LogP contribution < -0.4 is 21.3 Å². The Hall–Kier alpha value is -3.94. The van der Waals surface area contributed by atoms with Gasteiger partial charge in [0.1, 0.15) is 22.8 Å². The summed E-state index contributed by atoms with van der Waals surface area (Å²) in [5.74, 6) is -7.67. The van der Waals surface area contributed by atoms with Gasteiger partial charge in [-0.15, -0.1) is 0 Å². The number of nitrogens with zero attached hydrogens (tertiary/aromatic N) is 2. The number of aliphatic hydroxyl groups excluding tert-OH is 2. The maximum atomic E-state index is 14.2. The van der Waals surface area contributed by atoms with E-state index in [9.17, 15) is 39.6 Å². The molecule has 0 unspecified atom stereocenters. The number of benzene rings is 1. The number of aromatic hydroxyl groups is 1. The lowest BCUT2D eigenvalue weighted by molar-refractivity contribution is -0.153. The number of phenolic OH excluding ortho intramolecular Hbond substituents is 1. The molecule has 4 atom stereocenters. The molecule has 13 heteroatoms. The van der Waals surface area contributed by atoms with Crippen molar-refractivity contribution in [2.75, 3.05) is 51.5 Å². The summed E-state index contributed by atoms with van der Waals surface area (Å²) >= 11 is 0. The average molecular weight is 684 g/mol. The van der Waals surface area contributed by atoms with Gasteiger partial charge in [-0.05, 0) is 57.5 Å². The normalized spacial score (nSPS) is 23.4. The number of likely N-dealkylation sites (N-methyl/N-ethyl adjacent to an activating group) is 1. The number of carbonyl (C=O) groups is 4. The van der Waals surface area contributed by atoms with Crippen LogP contribution in [0.15, 0.2) is 23.0 Å². The number of carbonyl (C=O) groups excluding carboxylic acids is 4. The molecule has 0 aromatic heterocycles. The van der Waals surface area contributed by atoms with Gasteiger partial charge < -0.3 is 41.7 Å². The van der Waals surface area contributed by atoms with Gasteiger partial charge in [0, 0.05) is 31.3 Å². The number of aliphatic hydroxyl groups is 3. The number of nitrogens with two attached hydrogens (primary N) is 1. The molecule has 13 nitrogen and oxygen atoms in total. The Morgan fingerprint density at radius 1 is 0.980 bits per heavy atom. The van der Waals surface area contributed by atoms with E-state index in [0.29, 0.717) is 17.8 Å². The van der Waals surface area contributed by atoms with Crippen molar-refractivity contribution in [3.05, 3.63) is 34.1 Å². The third kappa shape index (κ3) is 7.34. The van der Waals surface area contributed by atoms with Crippen molar-refractivity contribution in [3.63, 3.8) is 0 Å². The molecule has 0 heterocycles. The quantitative estimate of drug-likeness (QED) is 0.0766.